The van der Waals surface area contributed by atoms with Crippen LogP contribution >= 0.6 is 11.8 Å². The highest BCUT2D eigenvalue weighted by Gasteiger charge is 2.11. The number of ether oxygens (including phenoxy) is 1. The molecule has 0 amide bonds. The first-order valence-corrected chi connectivity index (χ1v) is 8.29. The summed E-state index contributed by atoms with van der Waals surface area (Å²) in [6, 6.07) is 0.473. The van der Waals surface area contributed by atoms with E-state index in [1.54, 1.807) is 0 Å². The van der Waals surface area contributed by atoms with E-state index in [-0.39, 0.29) is 0 Å². The Kier molecular flexibility index (Phi) is 7.98. The van der Waals surface area contributed by atoms with Crippen molar-refractivity contribution in [1.29, 1.82) is 0 Å². The molecule has 0 saturated heterocycles. The van der Waals surface area contributed by atoms with Gasteiger partial charge in [0, 0.05) is 37.8 Å². The average molecular weight is 285 g/mol. The smallest absolute Gasteiger partial charge is 0.203 e. The van der Waals surface area contributed by atoms with E-state index in [2.05, 4.69) is 34.9 Å². The van der Waals surface area contributed by atoms with Crippen LogP contribution in [0.15, 0.2) is 6.20 Å². The summed E-state index contributed by atoms with van der Waals surface area (Å²) in [5.74, 6) is 3.27. The number of aryl methyl sites for hydroxylation is 1. The maximum absolute atomic E-state index is 5.34. The van der Waals surface area contributed by atoms with E-state index < -0.39 is 0 Å². The second-order valence-electron chi connectivity index (χ2n) is 4.60. The second kappa shape index (κ2) is 9.26. The van der Waals surface area contributed by atoms with Crippen LogP contribution in [0.1, 0.15) is 38.9 Å². The molecule has 1 atom stereocenters. The molecule has 1 aromatic heterocycles. The minimum absolute atomic E-state index is 0.473. The van der Waals surface area contributed by atoms with Gasteiger partial charge in [-0.25, -0.2) is 4.98 Å². The van der Waals surface area contributed by atoms with Crippen LogP contribution in [0.5, 0.6) is 0 Å². The molecule has 4 nitrogen and oxygen atoms in total. The third-order valence-electron chi connectivity index (χ3n) is 2.84. The zero-order valence-corrected chi connectivity index (χ0v) is 13.4. The number of nitrogens with one attached hydrogen (secondary N) is 1. The van der Waals surface area contributed by atoms with Crippen LogP contribution in [0.4, 0.5) is 5.95 Å². The number of aromatic nitrogens is 2. The average Bonchev–Trinajstić information content (AvgIpc) is 2.77. The highest BCUT2D eigenvalue weighted by Crippen LogP contribution is 2.19. The van der Waals surface area contributed by atoms with Gasteiger partial charge in [0.15, 0.2) is 0 Å². The van der Waals surface area contributed by atoms with Gasteiger partial charge in [0.1, 0.15) is 0 Å². The molecule has 0 aliphatic carbocycles. The largest absolute Gasteiger partial charge is 0.382 e. The fourth-order valence-electron chi connectivity index (χ4n) is 1.87. The lowest BCUT2D eigenvalue weighted by Gasteiger charge is -2.16. The van der Waals surface area contributed by atoms with Crippen molar-refractivity contribution in [2.24, 2.45) is 0 Å². The molecule has 1 heterocycles. The van der Waals surface area contributed by atoms with E-state index in [4.69, 9.17) is 4.74 Å². The summed E-state index contributed by atoms with van der Waals surface area (Å²) in [5.41, 5.74) is 1.07. The third kappa shape index (κ3) is 5.87. The van der Waals surface area contributed by atoms with Crippen molar-refractivity contribution < 1.29 is 4.74 Å². The molecule has 1 unspecified atom stereocenters. The van der Waals surface area contributed by atoms with E-state index in [0.717, 1.165) is 49.3 Å². The molecule has 1 rings (SSSR count). The number of hydrogen-bond donors (Lipinski definition) is 1. The predicted octanol–water partition coefficient (Wildman–Crippen LogP) is 3.34. The van der Waals surface area contributed by atoms with Crippen LogP contribution in [0.25, 0.3) is 0 Å². The lowest BCUT2D eigenvalue weighted by molar-refractivity contribution is 0.147. The SMILES string of the molecule is CCOCCCNc1nc(C)cn1C(C)CSCC. The highest BCUT2D eigenvalue weighted by molar-refractivity contribution is 7.99. The number of anilines is 1. The van der Waals surface area contributed by atoms with Gasteiger partial charge in [-0.15, -0.1) is 0 Å². The summed E-state index contributed by atoms with van der Waals surface area (Å²) >= 11 is 1.97. The Labute approximate surface area is 121 Å². The molecule has 0 spiro atoms. The zero-order valence-electron chi connectivity index (χ0n) is 12.6. The van der Waals surface area contributed by atoms with Crippen molar-refractivity contribution in [2.45, 2.75) is 40.2 Å². The minimum atomic E-state index is 0.473. The molecule has 0 radical (unpaired) electrons. The summed E-state index contributed by atoms with van der Waals surface area (Å²) in [6.45, 7) is 11.0. The van der Waals surface area contributed by atoms with Gasteiger partial charge in [-0.3, -0.25) is 0 Å². The van der Waals surface area contributed by atoms with E-state index in [0.29, 0.717) is 6.04 Å². The van der Waals surface area contributed by atoms with Gasteiger partial charge in [0.25, 0.3) is 0 Å². The van der Waals surface area contributed by atoms with Crippen LogP contribution in [-0.2, 0) is 4.74 Å². The Morgan fingerprint density at radius 2 is 2.26 bits per heavy atom. The summed E-state index contributed by atoms with van der Waals surface area (Å²) in [7, 11) is 0. The lowest BCUT2D eigenvalue weighted by Crippen LogP contribution is -2.14. The van der Waals surface area contributed by atoms with E-state index in [1.807, 2.05) is 25.6 Å². The Balaban J connectivity index is 2.47. The van der Waals surface area contributed by atoms with Gasteiger partial charge >= 0.3 is 0 Å². The van der Waals surface area contributed by atoms with Crippen LogP contribution in [0.2, 0.25) is 0 Å². The molecule has 0 aliphatic rings. The van der Waals surface area contributed by atoms with Crippen LogP contribution < -0.4 is 5.32 Å². The number of nitrogens with zero attached hydrogens (tertiary/aromatic N) is 2. The van der Waals surface area contributed by atoms with Gasteiger partial charge in [-0.05, 0) is 32.9 Å². The molecule has 5 heteroatoms. The molecule has 0 bridgehead atoms. The maximum atomic E-state index is 5.34. The van der Waals surface area contributed by atoms with Crippen molar-refractivity contribution >= 4 is 17.7 Å². The molecular formula is C14H27N3OS. The van der Waals surface area contributed by atoms with Crippen molar-refractivity contribution in [3.63, 3.8) is 0 Å². The van der Waals surface area contributed by atoms with Crippen LogP contribution in [-0.4, -0.2) is 40.8 Å². The molecule has 19 heavy (non-hydrogen) atoms. The van der Waals surface area contributed by atoms with Gasteiger partial charge in [-0.1, -0.05) is 6.92 Å². The molecule has 1 aromatic rings. The normalized spacial score (nSPS) is 12.6. The van der Waals surface area contributed by atoms with Crippen molar-refractivity contribution in [3.8, 4) is 0 Å². The molecular weight excluding hydrogens is 258 g/mol. The van der Waals surface area contributed by atoms with Gasteiger partial charge in [0.05, 0.1) is 5.69 Å². The monoisotopic (exact) mass is 285 g/mol. The summed E-state index contributed by atoms with van der Waals surface area (Å²) in [5, 5.41) is 3.41. The second-order valence-corrected chi connectivity index (χ2v) is 5.92. The minimum Gasteiger partial charge on any atom is -0.382 e. The topological polar surface area (TPSA) is 39.1 Å². The van der Waals surface area contributed by atoms with Crippen molar-refractivity contribution in [1.82, 2.24) is 9.55 Å². The molecule has 1 N–H and O–H groups in total. The fraction of sp³-hybridized carbons (Fsp3) is 0.786. The van der Waals surface area contributed by atoms with E-state index in [9.17, 15) is 0 Å². The molecule has 0 aliphatic heterocycles. The molecule has 0 aromatic carbocycles. The first kappa shape index (κ1) is 16.4. The van der Waals surface area contributed by atoms with Crippen molar-refractivity contribution in [2.75, 3.05) is 36.6 Å². The Morgan fingerprint density at radius 3 is 2.95 bits per heavy atom. The van der Waals surface area contributed by atoms with E-state index >= 15 is 0 Å². The fourth-order valence-corrected chi connectivity index (χ4v) is 2.61. The van der Waals surface area contributed by atoms with Gasteiger partial charge in [-0.2, -0.15) is 11.8 Å². The van der Waals surface area contributed by atoms with Crippen LogP contribution in [0, 0.1) is 6.92 Å². The highest BCUT2D eigenvalue weighted by atomic mass is 32.2. The summed E-state index contributed by atoms with van der Waals surface area (Å²) in [6.07, 6.45) is 3.14. The Hall–Kier alpha value is -0.680. The number of imidazole rings is 1. The molecule has 0 saturated carbocycles. The van der Waals surface area contributed by atoms with Gasteiger partial charge < -0.3 is 14.6 Å². The van der Waals surface area contributed by atoms with Crippen LogP contribution in [0.3, 0.4) is 0 Å². The van der Waals surface area contributed by atoms with E-state index in [1.165, 1.54) is 0 Å². The first-order chi connectivity index (χ1) is 9.19. The number of rotatable bonds is 10. The Bertz CT molecular complexity index is 354. The third-order valence-corrected chi connectivity index (χ3v) is 3.97. The standard InChI is InChI=1S/C14H27N3OS/c1-5-18-9-7-8-15-14-16-12(3)10-17(14)13(4)11-19-6-2/h10,13H,5-9,11H2,1-4H3,(H,15,16). The quantitative estimate of drug-likeness (QED) is 0.669. The molecule has 0 fully saturated rings. The lowest BCUT2D eigenvalue weighted by atomic mass is 10.4. The first-order valence-electron chi connectivity index (χ1n) is 7.13. The van der Waals surface area contributed by atoms with Crippen molar-refractivity contribution in [3.05, 3.63) is 11.9 Å². The predicted molar refractivity (Wildman–Crippen MR) is 84.3 cm³/mol. The number of hydrogen-bond acceptors (Lipinski definition) is 4. The maximum Gasteiger partial charge on any atom is 0.203 e. The molecule has 110 valence electrons. The summed E-state index contributed by atoms with van der Waals surface area (Å²) < 4.78 is 7.59. The summed E-state index contributed by atoms with van der Waals surface area (Å²) in [4.78, 5) is 4.56. The number of thioether (sulfide) groups is 1. The van der Waals surface area contributed by atoms with Gasteiger partial charge in [0.2, 0.25) is 5.95 Å². The Morgan fingerprint density at radius 1 is 1.47 bits per heavy atom. The zero-order chi connectivity index (χ0) is 14.1.